The Hall–Kier alpha value is -3.98. The van der Waals surface area contributed by atoms with Gasteiger partial charge in [0, 0.05) is 20.6 Å². The predicted octanol–water partition coefficient (Wildman–Crippen LogP) is 2.85. The lowest BCUT2D eigenvalue weighted by Gasteiger charge is -2.28. The van der Waals surface area contributed by atoms with Crippen LogP contribution in [0.2, 0.25) is 0 Å². The second-order valence-electron chi connectivity index (χ2n) is 8.41. The molecule has 35 heavy (non-hydrogen) atoms. The van der Waals surface area contributed by atoms with Gasteiger partial charge in [0.05, 0.1) is 50.2 Å². The summed E-state index contributed by atoms with van der Waals surface area (Å²) in [5, 5.41) is 0.478. The third kappa shape index (κ3) is 3.42. The molecule has 0 radical (unpaired) electrons. The molecule has 2 aromatic heterocycles. The van der Waals surface area contributed by atoms with Gasteiger partial charge in [-0.05, 0) is 47.5 Å². The smallest absolute Gasteiger partial charge is 0.331 e. The molecule has 0 N–H and O–H groups in total. The van der Waals surface area contributed by atoms with Crippen molar-refractivity contribution in [2.75, 3.05) is 27.9 Å². The van der Waals surface area contributed by atoms with Crippen molar-refractivity contribution in [2.24, 2.45) is 14.1 Å². The van der Waals surface area contributed by atoms with Crippen molar-refractivity contribution >= 4 is 10.9 Å². The number of ether oxygens (including phenoxy) is 4. The van der Waals surface area contributed by atoms with E-state index in [1.807, 2.05) is 42.5 Å². The van der Waals surface area contributed by atoms with E-state index in [1.165, 1.54) is 11.6 Å². The highest BCUT2D eigenvalue weighted by atomic mass is 16.5. The van der Waals surface area contributed by atoms with E-state index in [9.17, 15) is 9.59 Å². The minimum atomic E-state index is -0.518. The largest absolute Gasteiger partial charge is 0.497 e. The van der Waals surface area contributed by atoms with Gasteiger partial charge in [-0.3, -0.25) is 13.9 Å². The molecule has 1 aliphatic heterocycles. The van der Waals surface area contributed by atoms with Gasteiger partial charge >= 0.3 is 5.69 Å². The molecule has 0 unspecified atom stereocenters. The summed E-state index contributed by atoms with van der Waals surface area (Å²) in [5.74, 6) is 1.89. The van der Waals surface area contributed by atoms with Crippen molar-refractivity contribution in [3.63, 3.8) is 0 Å². The van der Waals surface area contributed by atoms with Gasteiger partial charge < -0.3 is 23.5 Å². The van der Waals surface area contributed by atoms with Gasteiger partial charge in [-0.2, -0.15) is 0 Å². The summed E-state index contributed by atoms with van der Waals surface area (Å²) in [5.41, 5.74) is 3.01. The van der Waals surface area contributed by atoms with E-state index in [-0.39, 0.29) is 5.56 Å². The first kappa shape index (κ1) is 22.8. The number of fused-ring (bicyclic) bond motifs is 3. The fourth-order valence-corrected chi connectivity index (χ4v) is 4.90. The Kier molecular flexibility index (Phi) is 5.64. The molecule has 4 aromatic rings. The minimum absolute atomic E-state index is 0.345. The van der Waals surface area contributed by atoms with Crippen LogP contribution in [0.5, 0.6) is 17.2 Å². The van der Waals surface area contributed by atoms with E-state index >= 15 is 0 Å². The summed E-state index contributed by atoms with van der Waals surface area (Å²) in [7, 11) is 7.96. The van der Waals surface area contributed by atoms with Crippen LogP contribution in [0, 0.1) is 0 Å². The Bertz CT molecular complexity index is 1550. The SMILES string of the molecule is COc1ccc(-c2c3c(=O)n(C)c(=O)n(C)c3c3n2CCO[C@H]3c2ccc(OC)c(OC)c2)cc1. The molecular weight excluding hydrogens is 450 g/mol. The Morgan fingerprint density at radius 3 is 2.26 bits per heavy atom. The van der Waals surface area contributed by atoms with Crippen molar-refractivity contribution in [1.29, 1.82) is 0 Å². The number of nitrogens with zero attached hydrogens (tertiary/aromatic N) is 3. The molecule has 9 nitrogen and oxygen atoms in total. The summed E-state index contributed by atoms with van der Waals surface area (Å²) >= 11 is 0. The molecule has 0 spiro atoms. The van der Waals surface area contributed by atoms with Gasteiger partial charge in [-0.15, -0.1) is 0 Å². The van der Waals surface area contributed by atoms with Crippen LogP contribution in [-0.2, 0) is 25.4 Å². The molecule has 3 heterocycles. The number of aromatic nitrogens is 3. The van der Waals surface area contributed by atoms with Gasteiger partial charge in [0.15, 0.2) is 11.5 Å². The molecule has 9 heteroatoms. The lowest BCUT2D eigenvalue weighted by molar-refractivity contribution is 0.0477. The topological polar surface area (TPSA) is 85.9 Å². The van der Waals surface area contributed by atoms with Gasteiger partial charge in [0.2, 0.25) is 0 Å². The molecule has 1 atom stereocenters. The lowest BCUT2D eigenvalue weighted by Crippen LogP contribution is -2.37. The van der Waals surface area contributed by atoms with Crippen LogP contribution in [0.1, 0.15) is 17.4 Å². The molecule has 0 bridgehead atoms. The van der Waals surface area contributed by atoms with Crippen molar-refractivity contribution in [3.8, 4) is 28.5 Å². The Morgan fingerprint density at radius 1 is 0.886 bits per heavy atom. The number of benzene rings is 2. The van der Waals surface area contributed by atoms with Crippen LogP contribution in [0.15, 0.2) is 52.1 Å². The van der Waals surface area contributed by atoms with E-state index < -0.39 is 11.8 Å². The highest BCUT2D eigenvalue weighted by Crippen LogP contribution is 2.42. The molecule has 0 fully saturated rings. The van der Waals surface area contributed by atoms with Gasteiger partial charge in [-0.25, -0.2) is 4.79 Å². The molecule has 2 aromatic carbocycles. The number of hydrogen-bond donors (Lipinski definition) is 0. The minimum Gasteiger partial charge on any atom is -0.497 e. The summed E-state index contributed by atoms with van der Waals surface area (Å²) in [6, 6.07) is 13.2. The monoisotopic (exact) mass is 477 g/mol. The standard InChI is InChI=1S/C26H27N3O6/c1-27-22-20(25(30)28(2)26(27)31)21(15-6-9-17(32-3)10-7-15)29-12-13-35-24(23(22)29)16-8-11-18(33-4)19(14-16)34-5/h6-11,14,24H,12-13H2,1-5H3/t24-/m0/s1. The Labute approximate surface area is 201 Å². The number of rotatable bonds is 5. The van der Waals surface area contributed by atoms with Crippen molar-refractivity contribution < 1.29 is 18.9 Å². The molecule has 5 rings (SSSR count). The first-order chi connectivity index (χ1) is 16.9. The molecule has 1 aliphatic rings. The van der Waals surface area contributed by atoms with Crippen LogP contribution >= 0.6 is 0 Å². The fraction of sp³-hybridized carbons (Fsp3) is 0.308. The maximum Gasteiger partial charge on any atom is 0.331 e. The zero-order valence-electron chi connectivity index (χ0n) is 20.3. The fourth-order valence-electron chi connectivity index (χ4n) is 4.90. The van der Waals surface area contributed by atoms with Crippen LogP contribution in [0.25, 0.3) is 22.2 Å². The van der Waals surface area contributed by atoms with Crippen molar-refractivity contribution in [2.45, 2.75) is 12.6 Å². The molecule has 182 valence electrons. The average molecular weight is 478 g/mol. The zero-order valence-corrected chi connectivity index (χ0v) is 20.3. The number of aryl methyl sites for hydroxylation is 1. The summed E-state index contributed by atoms with van der Waals surface area (Å²) < 4.78 is 27.2. The summed E-state index contributed by atoms with van der Waals surface area (Å²) in [4.78, 5) is 26.5. The predicted molar refractivity (Wildman–Crippen MR) is 132 cm³/mol. The highest BCUT2D eigenvalue weighted by molar-refractivity contribution is 5.96. The van der Waals surface area contributed by atoms with Crippen LogP contribution < -0.4 is 25.5 Å². The second kappa shape index (κ2) is 8.66. The van der Waals surface area contributed by atoms with Gasteiger partial charge in [-0.1, -0.05) is 6.07 Å². The molecule has 0 saturated heterocycles. The van der Waals surface area contributed by atoms with Gasteiger partial charge in [0.25, 0.3) is 5.56 Å². The summed E-state index contributed by atoms with van der Waals surface area (Å²) in [6.45, 7) is 0.969. The van der Waals surface area contributed by atoms with E-state index in [4.69, 9.17) is 18.9 Å². The average Bonchev–Trinajstić information content (AvgIpc) is 3.25. The normalized spacial score (nSPS) is 15.2. The first-order valence-electron chi connectivity index (χ1n) is 11.2. The third-order valence-corrected chi connectivity index (χ3v) is 6.63. The van der Waals surface area contributed by atoms with E-state index in [1.54, 1.807) is 28.4 Å². The molecule has 0 amide bonds. The molecular formula is C26H27N3O6. The van der Waals surface area contributed by atoms with Crippen molar-refractivity contribution in [1.82, 2.24) is 13.7 Å². The lowest BCUT2D eigenvalue weighted by atomic mass is 10.0. The number of hydrogen-bond acceptors (Lipinski definition) is 6. The van der Waals surface area contributed by atoms with E-state index in [0.29, 0.717) is 35.6 Å². The maximum absolute atomic E-state index is 13.5. The third-order valence-electron chi connectivity index (χ3n) is 6.63. The Morgan fingerprint density at radius 2 is 1.60 bits per heavy atom. The maximum atomic E-state index is 13.5. The molecule has 0 aliphatic carbocycles. The van der Waals surface area contributed by atoms with Crippen molar-refractivity contribution in [3.05, 3.63) is 74.6 Å². The van der Waals surface area contributed by atoms with Gasteiger partial charge in [0.1, 0.15) is 11.9 Å². The van der Waals surface area contributed by atoms with Crippen LogP contribution in [-0.4, -0.2) is 41.6 Å². The Balaban J connectivity index is 1.86. The van der Waals surface area contributed by atoms with E-state index in [2.05, 4.69) is 4.57 Å². The first-order valence-corrected chi connectivity index (χ1v) is 11.2. The highest BCUT2D eigenvalue weighted by Gasteiger charge is 2.33. The quantitative estimate of drug-likeness (QED) is 0.440. The second-order valence-corrected chi connectivity index (χ2v) is 8.41. The number of methoxy groups -OCH3 is 3. The summed E-state index contributed by atoms with van der Waals surface area (Å²) in [6.07, 6.45) is -0.518. The van der Waals surface area contributed by atoms with Crippen LogP contribution in [0.3, 0.4) is 0 Å². The zero-order chi connectivity index (χ0) is 24.9. The van der Waals surface area contributed by atoms with E-state index in [0.717, 1.165) is 32.8 Å². The van der Waals surface area contributed by atoms with Crippen LogP contribution in [0.4, 0.5) is 0 Å². The molecule has 0 saturated carbocycles.